The molecule has 0 amide bonds. The van der Waals surface area contributed by atoms with Crippen LogP contribution in [0.25, 0.3) is 55.0 Å². The van der Waals surface area contributed by atoms with E-state index in [-0.39, 0.29) is 21.1 Å². The number of aromatic nitrogens is 3. The zero-order valence-electron chi connectivity index (χ0n) is 23.5. The number of fused-ring (bicyclic) bond motifs is 8. The summed E-state index contributed by atoms with van der Waals surface area (Å²) in [5.41, 5.74) is 10.1. The van der Waals surface area contributed by atoms with Crippen molar-refractivity contribution in [1.29, 1.82) is 0 Å². The number of pyridine rings is 3. The zero-order valence-corrected chi connectivity index (χ0v) is 25.8. The maximum Gasteiger partial charge on any atom is 0.0801 e. The third-order valence-electron chi connectivity index (χ3n) is 8.89. The minimum absolute atomic E-state index is 0. The predicted octanol–water partition coefficient (Wildman–Crippen LogP) is 9.16. The number of hydrogen-bond acceptors (Lipinski definition) is 3. The van der Waals surface area contributed by atoms with Gasteiger partial charge in [0.15, 0.2) is 0 Å². The summed E-state index contributed by atoms with van der Waals surface area (Å²) in [6.07, 6.45) is 3.74. The molecule has 0 radical (unpaired) electrons. The Bertz CT molecular complexity index is 2310. The molecule has 0 fully saturated rings. The molecule has 0 unspecified atom stereocenters. The van der Waals surface area contributed by atoms with Crippen molar-refractivity contribution < 1.29 is 21.1 Å². The Morgan fingerprint density at radius 3 is 1.91 bits per heavy atom. The number of hydrogen-bond donors (Lipinski definition) is 0. The predicted molar refractivity (Wildman–Crippen MR) is 174 cm³/mol. The Morgan fingerprint density at radius 1 is 0.500 bits per heavy atom. The summed E-state index contributed by atoms with van der Waals surface area (Å²) in [6, 6.07) is 50.8. The number of rotatable bonds is 3. The van der Waals surface area contributed by atoms with E-state index in [0.29, 0.717) is 0 Å². The fourth-order valence-electron chi connectivity index (χ4n) is 7.04. The minimum atomic E-state index is -0.603. The summed E-state index contributed by atoms with van der Waals surface area (Å²) in [4.78, 5) is 15.0. The van der Waals surface area contributed by atoms with Crippen LogP contribution in [-0.2, 0) is 26.5 Å². The van der Waals surface area contributed by atoms with Crippen LogP contribution in [0.4, 0.5) is 0 Å². The molecule has 210 valence electrons. The summed E-state index contributed by atoms with van der Waals surface area (Å²) in [7, 11) is 0. The molecule has 8 aromatic rings. The van der Waals surface area contributed by atoms with Crippen LogP contribution in [0.2, 0.25) is 0 Å². The van der Waals surface area contributed by atoms with E-state index in [1.54, 1.807) is 0 Å². The van der Waals surface area contributed by atoms with Gasteiger partial charge in [0.1, 0.15) is 0 Å². The largest absolute Gasteiger partial charge is 0.296 e. The van der Waals surface area contributed by atoms with E-state index in [1.165, 1.54) is 22.3 Å². The average Bonchev–Trinajstić information content (AvgIpc) is 3.39. The standard InChI is InChI=1S/C40H24N3.Pt/c1-3-14-33-31(12-1)32-13-2-4-15-34(32)40(33,36-16-5-6-23-41-36)30-11-7-9-29(25-30)35-22-21-28-20-18-26-17-19-27-10-8-24-42-38(27)37(26)39(28)43-35;/h1-24H;/q-1;. The van der Waals surface area contributed by atoms with Gasteiger partial charge in [0, 0.05) is 44.2 Å². The second-order valence-electron chi connectivity index (χ2n) is 11.1. The van der Waals surface area contributed by atoms with Gasteiger partial charge in [-0.25, -0.2) is 0 Å². The van der Waals surface area contributed by atoms with E-state index in [4.69, 9.17) is 15.0 Å². The Labute approximate surface area is 269 Å². The van der Waals surface area contributed by atoms with E-state index in [9.17, 15) is 0 Å². The molecule has 44 heavy (non-hydrogen) atoms. The molecule has 0 bridgehead atoms. The first-order valence-electron chi connectivity index (χ1n) is 14.5. The molecule has 9 rings (SSSR count). The van der Waals surface area contributed by atoms with Crippen molar-refractivity contribution in [2.24, 2.45) is 0 Å². The summed E-state index contributed by atoms with van der Waals surface area (Å²) in [6.45, 7) is 0. The molecular weight excluding hydrogens is 718 g/mol. The van der Waals surface area contributed by atoms with Crippen LogP contribution in [0, 0.1) is 6.07 Å². The van der Waals surface area contributed by atoms with E-state index >= 15 is 0 Å². The summed E-state index contributed by atoms with van der Waals surface area (Å²) >= 11 is 0. The second-order valence-corrected chi connectivity index (χ2v) is 11.1. The van der Waals surface area contributed by atoms with E-state index < -0.39 is 5.41 Å². The quantitative estimate of drug-likeness (QED) is 0.134. The van der Waals surface area contributed by atoms with Gasteiger partial charge in [-0.15, -0.1) is 35.4 Å². The molecule has 3 aromatic heterocycles. The van der Waals surface area contributed by atoms with Crippen LogP contribution < -0.4 is 0 Å². The van der Waals surface area contributed by atoms with Gasteiger partial charge in [0.25, 0.3) is 0 Å². The van der Waals surface area contributed by atoms with Crippen molar-refractivity contribution in [3.05, 3.63) is 174 Å². The monoisotopic (exact) mass is 741 g/mol. The van der Waals surface area contributed by atoms with Gasteiger partial charge in [0.2, 0.25) is 0 Å². The molecule has 3 heterocycles. The van der Waals surface area contributed by atoms with Crippen LogP contribution >= 0.6 is 0 Å². The van der Waals surface area contributed by atoms with Gasteiger partial charge in [-0.05, 0) is 56.9 Å². The summed E-state index contributed by atoms with van der Waals surface area (Å²) in [5, 5.41) is 4.42. The number of nitrogens with zero attached hydrogens (tertiary/aromatic N) is 3. The van der Waals surface area contributed by atoms with Gasteiger partial charge in [-0.2, -0.15) is 0 Å². The van der Waals surface area contributed by atoms with Crippen molar-refractivity contribution in [1.82, 2.24) is 15.0 Å². The Morgan fingerprint density at radius 2 is 1.16 bits per heavy atom. The molecule has 1 aliphatic rings. The van der Waals surface area contributed by atoms with Crippen LogP contribution in [0.3, 0.4) is 0 Å². The van der Waals surface area contributed by atoms with Crippen LogP contribution in [0.1, 0.15) is 22.4 Å². The maximum atomic E-state index is 5.29. The minimum Gasteiger partial charge on any atom is -0.296 e. The SMILES string of the molecule is [Pt].[c-]1c(-c2ccc3ccc4ccc5cccnc5c4c3n2)cccc1C1(c2ccccn2)c2ccccc2-c2ccccc21. The fourth-order valence-corrected chi connectivity index (χ4v) is 7.04. The normalized spacial score (nSPS) is 13.0. The Kier molecular flexibility index (Phi) is 6.25. The topological polar surface area (TPSA) is 38.7 Å². The smallest absolute Gasteiger partial charge is 0.0801 e. The van der Waals surface area contributed by atoms with E-state index in [1.807, 2.05) is 24.5 Å². The summed E-state index contributed by atoms with van der Waals surface area (Å²) < 4.78 is 0. The molecule has 0 atom stereocenters. The molecule has 5 aromatic carbocycles. The Hall–Kier alpha value is -4.98. The molecule has 0 saturated heterocycles. The molecule has 3 nitrogen and oxygen atoms in total. The van der Waals surface area contributed by atoms with Gasteiger partial charge < -0.3 is 0 Å². The molecule has 0 saturated carbocycles. The van der Waals surface area contributed by atoms with E-state index in [2.05, 4.69) is 127 Å². The van der Waals surface area contributed by atoms with Crippen LogP contribution in [-0.4, -0.2) is 15.0 Å². The average molecular weight is 742 g/mol. The van der Waals surface area contributed by atoms with Crippen molar-refractivity contribution in [3.8, 4) is 22.4 Å². The van der Waals surface area contributed by atoms with Crippen LogP contribution in [0.5, 0.6) is 0 Å². The first-order chi connectivity index (χ1) is 21.3. The van der Waals surface area contributed by atoms with Crippen molar-refractivity contribution in [2.45, 2.75) is 5.41 Å². The first-order valence-corrected chi connectivity index (χ1v) is 14.5. The van der Waals surface area contributed by atoms with E-state index in [0.717, 1.165) is 55.1 Å². The molecule has 0 aliphatic heterocycles. The van der Waals surface area contributed by atoms with Gasteiger partial charge in [-0.1, -0.05) is 97.1 Å². The first kappa shape index (κ1) is 26.6. The Balaban J connectivity index is 0.00000289. The van der Waals surface area contributed by atoms with Crippen molar-refractivity contribution in [2.75, 3.05) is 0 Å². The molecule has 0 spiro atoms. The molecule has 0 N–H and O–H groups in total. The fraction of sp³-hybridized carbons (Fsp3) is 0.0250. The van der Waals surface area contributed by atoms with Crippen molar-refractivity contribution >= 4 is 32.6 Å². The third-order valence-corrected chi connectivity index (χ3v) is 8.89. The summed E-state index contributed by atoms with van der Waals surface area (Å²) in [5.74, 6) is 0. The molecule has 4 heteroatoms. The van der Waals surface area contributed by atoms with Gasteiger partial charge in [0.05, 0.1) is 22.1 Å². The van der Waals surface area contributed by atoms with Crippen molar-refractivity contribution in [3.63, 3.8) is 0 Å². The third kappa shape index (κ3) is 3.76. The number of benzene rings is 5. The van der Waals surface area contributed by atoms with Gasteiger partial charge in [-0.3, -0.25) is 15.0 Å². The zero-order chi connectivity index (χ0) is 28.4. The molecular formula is C40H24N3Pt-. The molecule has 1 aliphatic carbocycles. The second kappa shape index (κ2) is 10.3. The van der Waals surface area contributed by atoms with Gasteiger partial charge >= 0.3 is 0 Å². The van der Waals surface area contributed by atoms with Crippen LogP contribution in [0.15, 0.2) is 146 Å². The maximum absolute atomic E-state index is 5.29.